The monoisotopic (exact) mass is 278 g/mol. The number of nitrogens with two attached hydrogens (primary N) is 1. The zero-order valence-electron chi connectivity index (χ0n) is 12.8. The minimum Gasteiger partial charge on any atom is -0.494 e. The van der Waals surface area contributed by atoms with Crippen LogP contribution in [0.1, 0.15) is 32.4 Å². The first-order chi connectivity index (χ1) is 9.57. The summed E-state index contributed by atoms with van der Waals surface area (Å²) in [6.07, 6.45) is 0. The molecular formula is C16H26N2O2. The van der Waals surface area contributed by atoms with Crippen molar-refractivity contribution >= 4 is 0 Å². The number of ether oxygens (including phenoxy) is 2. The van der Waals surface area contributed by atoms with Crippen molar-refractivity contribution in [1.29, 1.82) is 0 Å². The Morgan fingerprint density at radius 1 is 1.40 bits per heavy atom. The van der Waals surface area contributed by atoms with Crippen LogP contribution in [0.4, 0.5) is 0 Å². The summed E-state index contributed by atoms with van der Waals surface area (Å²) in [6, 6.07) is 8.37. The van der Waals surface area contributed by atoms with Crippen LogP contribution in [0.3, 0.4) is 0 Å². The quantitative estimate of drug-likeness (QED) is 0.897. The van der Waals surface area contributed by atoms with Crippen LogP contribution in [0.2, 0.25) is 0 Å². The summed E-state index contributed by atoms with van der Waals surface area (Å²) in [6.45, 7) is 10.1. The molecule has 1 aliphatic heterocycles. The largest absolute Gasteiger partial charge is 0.494 e. The molecule has 1 atom stereocenters. The van der Waals surface area contributed by atoms with Crippen molar-refractivity contribution in [3.05, 3.63) is 29.8 Å². The maximum Gasteiger partial charge on any atom is 0.124 e. The third-order valence-corrected chi connectivity index (χ3v) is 3.70. The van der Waals surface area contributed by atoms with Crippen molar-refractivity contribution in [1.82, 2.24) is 4.90 Å². The zero-order chi connectivity index (χ0) is 14.6. The lowest BCUT2D eigenvalue weighted by molar-refractivity contribution is -0.0969. The summed E-state index contributed by atoms with van der Waals surface area (Å²) in [5.41, 5.74) is 7.11. The normalized spacial score (nSPS) is 20.6. The lowest BCUT2D eigenvalue weighted by Crippen LogP contribution is -2.50. The van der Waals surface area contributed by atoms with E-state index in [-0.39, 0.29) is 11.6 Å². The highest BCUT2D eigenvalue weighted by Crippen LogP contribution is 2.31. The molecule has 0 aromatic heterocycles. The maximum absolute atomic E-state index is 6.05. The fourth-order valence-electron chi connectivity index (χ4n) is 2.83. The third kappa shape index (κ3) is 3.51. The molecule has 1 aliphatic rings. The number of para-hydroxylation sites is 1. The second kappa shape index (κ2) is 6.57. The second-order valence-corrected chi connectivity index (χ2v) is 5.80. The smallest absolute Gasteiger partial charge is 0.124 e. The van der Waals surface area contributed by atoms with E-state index in [2.05, 4.69) is 24.8 Å². The van der Waals surface area contributed by atoms with Crippen LogP contribution in [0, 0.1) is 0 Å². The number of nitrogens with zero attached hydrogens (tertiary/aromatic N) is 1. The van der Waals surface area contributed by atoms with Crippen LogP contribution in [-0.2, 0) is 4.74 Å². The SMILES string of the molecule is CCOc1ccccc1C(CN)N1CCOC(C)(C)C1. The van der Waals surface area contributed by atoms with Crippen molar-refractivity contribution in [2.45, 2.75) is 32.4 Å². The van der Waals surface area contributed by atoms with Gasteiger partial charge in [0.15, 0.2) is 0 Å². The van der Waals surface area contributed by atoms with E-state index in [0.717, 1.165) is 25.4 Å². The Bertz CT molecular complexity index is 434. The molecule has 1 saturated heterocycles. The molecular weight excluding hydrogens is 252 g/mol. The van der Waals surface area contributed by atoms with Crippen LogP contribution < -0.4 is 10.5 Å². The topological polar surface area (TPSA) is 47.7 Å². The Kier molecular flexibility index (Phi) is 5.02. The average Bonchev–Trinajstić information content (AvgIpc) is 2.41. The fraction of sp³-hybridized carbons (Fsp3) is 0.625. The van der Waals surface area contributed by atoms with Gasteiger partial charge in [0.25, 0.3) is 0 Å². The predicted molar refractivity (Wildman–Crippen MR) is 81.0 cm³/mol. The standard InChI is InChI=1S/C16H26N2O2/c1-4-19-15-8-6-5-7-13(15)14(11-17)18-9-10-20-16(2,3)12-18/h5-8,14H,4,9-12,17H2,1-3H3. The zero-order valence-corrected chi connectivity index (χ0v) is 12.8. The predicted octanol–water partition coefficient (Wildman–Crippen LogP) is 2.20. The van der Waals surface area contributed by atoms with Crippen molar-refractivity contribution in [3.8, 4) is 5.75 Å². The molecule has 0 bridgehead atoms. The van der Waals surface area contributed by atoms with Crippen molar-refractivity contribution in [2.24, 2.45) is 5.73 Å². The van der Waals surface area contributed by atoms with Gasteiger partial charge < -0.3 is 15.2 Å². The molecule has 20 heavy (non-hydrogen) atoms. The molecule has 1 aromatic carbocycles. The highest BCUT2D eigenvalue weighted by atomic mass is 16.5. The maximum atomic E-state index is 6.05. The van der Waals surface area contributed by atoms with Crippen molar-refractivity contribution in [2.75, 3.05) is 32.8 Å². The molecule has 0 spiro atoms. The Morgan fingerprint density at radius 2 is 2.15 bits per heavy atom. The average molecular weight is 278 g/mol. The highest BCUT2D eigenvalue weighted by molar-refractivity contribution is 5.36. The molecule has 1 aromatic rings. The molecule has 0 aliphatic carbocycles. The third-order valence-electron chi connectivity index (χ3n) is 3.70. The van der Waals surface area contributed by atoms with E-state index in [0.29, 0.717) is 13.2 Å². The van der Waals surface area contributed by atoms with Gasteiger partial charge in [-0.15, -0.1) is 0 Å². The molecule has 0 saturated carbocycles. The van der Waals surface area contributed by atoms with Gasteiger partial charge in [-0.3, -0.25) is 4.90 Å². The Hall–Kier alpha value is -1.10. The first-order valence-electron chi connectivity index (χ1n) is 7.37. The number of benzene rings is 1. The van der Waals surface area contributed by atoms with Crippen molar-refractivity contribution < 1.29 is 9.47 Å². The Labute approximate surface area is 121 Å². The van der Waals surface area contributed by atoms with E-state index in [9.17, 15) is 0 Å². The van der Waals surface area contributed by atoms with Gasteiger partial charge >= 0.3 is 0 Å². The first kappa shape index (κ1) is 15.3. The number of hydrogen-bond acceptors (Lipinski definition) is 4. The van der Waals surface area contributed by atoms with Crippen LogP contribution in [0.5, 0.6) is 5.75 Å². The van der Waals surface area contributed by atoms with E-state index in [1.807, 2.05) is 25.1 Å². The van der Waals surface area contributed by atoms with E-state index in [1.54, 1.807) is 0 Å². The van der Waals surface area contributed by atoms with E-state index in [1.165, 1.54) is 5.56 Å². The van der Waals surface area contributed by atoms with E-state index < -0.39 is 0 Å². The molecule has 1 fully saturated rings. The molecule has 1 unspecified atom stereocenters. The molecule has 2 N–H and O–H groups in total. The summed E-state index contributed by atoms with van der Waals surface area (Å²) in [5.74, 6) is 0.940. The lowest BCUT2D eigenvalue weighted by atomic mass is 10.00. The number of hydrogen-bond donors (Lipinski definition) is 1. The van der Waals surface area contributed by atoms with E-state index in [4.69, 9.17) is 15.2 Å². The molecule has 0 amide bonds. The summed E-state index contributed by atoms with van der Waals surface area (Å²) >= 11 is 0. The second-order valence-electron chi connectivity index (χ2n) is 5.80. The van der Waals surface area contributed by atoms with Gasteiger partial charge in [-0.25, -0.2) is 0 Å². The lowest BCUT2D eigenvalue weighted by Gasteiger charge is -2.42. The van der Waals surface area contributed by atoms with Crippen LogP contribution in [-0.4, -0.2) is 43.3 Å². The van der Waals surface area contributed by atoms with Crippen LogP contribution in [0.25, 0.3) is 0 Å². The summed E-state index contributed by atoms with van der Waals surface area (Å²) in [5, 5.41) is 0. The minimum absolute atomic E-state index is 0.119. The first-order valence-corrected chi connectivity index (χ1v) is 7.37. The van der Waals surface area contributed by atoms with Gasteiger partial charge in [0.1, 0.15) is 5.75 Å². The summed E-state index contributed by atoms with van der Waals surface area (Å²) < 4.78 is 11.5. The number of morpholine rings is 1. The molecule has 4 heteroatoms. The van der Waals surface area contributed by atoms with Gasteiger partial charge in [-0.1, -0.05) is 18.2 Å². The fourth-order valence-corrected chi connectivity index (χ4v) is 2.83. The molecule has 0 radical (unpaired) electrons. The van der Waals surface area contributed by atoms with Gasteiger partial charge in [0, 0.05) is 25.2 Å². The number of rotatable bonds is 5. The minimum atomic E-state index is -0.119. The van der Waals surface area contributed by atoms with Crippen LogP contribution >= 0.6 is 0 Å². The summed E-state index contributed by atoms with van der Waals surface area (Å²) in [7, 11) is 0. The Morgan fingerprint density at radius 3 is 2.80 bits per heavy atom. The molecule has 112 valence electrons. The van der Waals surface area contributed by atoms with Crippen molar-refractivity contribution in [3.63, 3.8) is 0 Å². The highest BCUT2D eigenvalue weighted by Gasteiger charge is 2.32. The van der Waals surface area contributed by atoms with Crippen LogP contribution in [0.15, 0.2) is 24.3 Å². The van der Waals surface area contributed by atoms with Gasteiger partial charge in [0.05, 0.1) is 24.9 Å². The van der Waals surface area contributed by atoms with E-state index >= 15 is 0 Å². The van der Waals surface area contributed by atoms with Gasteiger partial charge in [-0.2, -0.15) is 0 Å². The summed E-state index contributed by atoms with van der Waals surface area (Å²) in [4.78, 5) is 2.40. The van der Waals surface area contributed by atoms with Gasteiger partial charge in [0.2, 0.25) is 0 Å². The van der Waals surface area contributed by atoms with Gasteiger partial charge in [-0.05, 0) is 26.8 Å². The molecule has 2 rings (SSSR count). The Balaban J connectivity index is 2.23. The molecule has 4 nitrogen and oxygen atoms in total. The molecule has 1 heterocycles.